The zero-order chi connectivity index (χ0) is 19.1. The Balaban J connectivity index is 1.46. The van der Waals surface area contributed by atoms with Gasteiger partial charge in [0.2, 0.25) is 0 Å². The molecule has 1 fully saturated rings. The molecule has 0 saturated carbocycles. The highest BCUT2D eigenvalue weighted by Gasteiger charge is 2.10. The molecule has 0 aromatic heterocycles. The number of rotatable bonds is 6. The second-order valence-corrected chi connectivity index (χ2v) is 7.62. The van der Waals surface area contributed by atoms with E-state index in [1.54, 1.807) is 12.3 Å². The summed E-state index contributed by atoms with van der Waals surface area (Å²) in [4.78, 5) is 14.1. The molecule has 1 aliphatic rings. The topological polar surface area (TPSA) is 63.2 Å². The summed E-state index contributed by atoms with van der Waals surface area (Å²) >= 11 is 6.76. The molecule has 2 aromatic carbocycles. The van der Waals surface area contributed by atoms with Crippen molar-refractivity contribution in [3.8, 4) is 5.75 Å². The van der Waals surface area contributed by atoms with E-state index in [1.165, 1.54) is 0 Å². The van der Waals surface area contributed by atoms with Gasteiger partial charge in [0.05, 0.1) is 23.9 Å². The van der Waals surface area contributed by atoms with E-state index in [9.17, 15) is 4.79 Å². The van der Waals surface area contributed by atoms with Crippen molar-refractivity contribution in [2.75, 3.05) is 37.8 Å². The highest BCUT2D eigenvalue weighted by atomic mass is 79.9. The fourth-order valence-electron chi connectivity index (χ4n) is 2.54. The van der Waals surface area contributed by atoms with Crippen LogP contribution in [0.25, 0.3) is 0 Å². The van der Waals surface area contributed by atoms with Gasteiger partial charge in [-0.25, -0.2) is 5.43 Å². The van der Waals surface area contributed by atoms with Crippen LogP contribution in [-0.2, 0) is 9.53 Å². The van der Waals surface area contributed by atoms with Crippen molar-refractivity contribution in [3.63, 3.8) is 0 Å². The van der Waals surface area contributed by atoms with Crippen molar-refractivity contribution in [3.05, 3.63) is 57.0 Å². The zero-order valence-electron chi connectivity index (χ0n) is 14.5. The summed E-state index contributed by atoms with van der Waals surface area (Å²) in [5.74, 6) is 0.266. The SMILES string of the molecule is O=C(COc1ccc(Br)cc1Br)N/N=C/c1ccc(N2CCOCC2)cc1. The van der Waals surface area contributed by atoms with Crippen molar-refractivity contribution < 1.29 is 14.3 Å². The Bertz CT molecular complexity index is 806. The zero-order valence-corrected chi connectivity index (χ0v) is 17.7. The van der Waals surface area contributed by atoms with Crippen LogP contribution in [0.15, 0.2) is 56.5 Å². The molecule has 0 radical (unpaired) electrons. The number of halogens is 2. The Morgan fingerprint density at radius 1 is 1.19 bits per heavy atom. The molecular formula is C19H19Br2N3O3. The highest BCUT2D eigenvalue weighted by molar-refractivity contribution is 9.11. The number of hydrazone groups is 1. The van der Waals surface area contributed by atoms with Crippen LogP contribution >= 0.6 is 31.9 Å². The minimum absolute atomic E-state index is 0.118. The normalized spacial score (nSPS) is 14.4. The Morgan fingerprint density at radius 3 is 2.63 bits per heavy atom. The molecule has 2 aromatic rings. The number of nitrogens with one attached hydrogen (secondary N) is 1. The first-order chi connectivity index (χ1) is 13.1. The van der Waals surface area contributed by atoms with Gasteiger partial charge in [-0.1, -0.05) is 28.1 Å². The minimum Gasteiger partial charge on any atom is -0.483 e. The third-order valence-corrected chi connectivity index (χ3v) is 5.04. The van der Waals surface area contributed by atoms with Crippen LogP contribution in [0.1, 0.15) is 5.56 Å². The van der Waals surface area contributed by atoms with E-state index in [0.29, 0.717) is 5.75 Å². The molecule has 1 heterocycles. The molecule has 142 valence electrons. The van der Waals surface area contributed by atoms with Gasteiger partial charge in [-0.3, -0.25) is 4.79 Å². The van der Waals surface area contributed by atoms with Crippen molar-refractivity contribution in [2.24, 2.45) is 5.10 Å². The minimum atomic E-state index is -0.328. The van der Waals surface area contributed by atoms with Crippen LogP contribution in [0, 0.1) is 0 Å². The fourth-order valence-corrected chi connectivity index (χ4v) is 3.70. The van der Waals surface area contributed by atoms with Crippen LogP contribution in [0.2, 0.25) is 0 Å². The summed E-state index contributed by atoms with van der Waals surface area (Å²) in [6, 6.07) is 13.5. The highest BCUT2D eigenvalue weighted by Crippen LogP contribution is 2.28. The maximum absolute atomic E-state index is 11.9. The maximum Gasteiger partial charge on any atom is 0.277 e. The van der Waals surface area contributed by atoms with Gasteiger partial charge in [0, 0.05) is 23.2 Å². The Morgan fingerprint density at radius 2 is 1.93 bits per heavy atom. The van der Waals surface area contributed by atoms with Crippen LogP contribution in [0.3, 0.4) is 0 Å². The molecule has 1 amide bonds. The van der Waals surface area contributed by atoms with E-state index in [4.69, 9.17) is 9.47 Å². The van der Waals surface area contributed by atoms with Crippen molar-refractivity contribution in [1.29, 1.82) is 0 Å². The Hall–Kier alpha value is -1.90. The first-order valence-electron chi connectivity index (χ1n) is 8.44. The van der Waals surface area contributed by atoms with Crippen LogP contribution < -0.4 is 15.1 Å². The number of benzene rings is 2. The van der Waals surface area contributed by atoms with Gasteiger partial charge in [0.15, 0.2) is 6.61 Å². The van der Waals surface area contributed by atoms with Gasteiger partial charge in [-0.05, 0) is 51.8 Å². The van der Waals surface area contributed by atoms with E-state index >= 15 is 0 Å². The summed E-state index contributed by atoms with van der Waals surface area (Å²) in [6.07, 6.45) is 1.61. The third kappa shape index (κ3) is 6.05. The second kappa shape index (κ2) is 9.87. The lowest BCUT2D eigenvalue weighted by Crippen LogP contribution is -2.36. The molecule has 1 aliphatic heterocycles. The second-order valence-electron chi connectivity index (χ2n) is 5.85. The first kappa shape index (κ1) is 19.9. The first-order valence-corrected chi connectivity index (χ1v) is 10.0. The van der Waals surface area contributed by atoms with Gasteiger partial charge in [0.25, 0.3) is 5.91 Å². The number of anilines is 1. The summed E-state index contributed by atoms with van der Waals surface area (Å²) in [5.41, 5.74) is 4.53. The molecule has 27 heavy (non-hydrogen) atoms. The average molecular weight is 497 g/mol. The number of hydrogen-bond acceptors (Lipinski definition) is 5. The molecule has 3 rings (SSSR count). The molecule has 0 spiro atoms. The van der Waals surface area contributed by atoms with Gasteiger partial charge in [-0.2, -0.15) is 5.10 Å². The van der Waals surface area contributed by atoms with Crippen molar-refractivity contribution in [1.82, 2.24) is 5.43 Å². The molecule has 1 N–H and O–H groups in total. The number of nitrogens with zero attached hydrogens (tertiary/aromatic N) is 2. The van der Waals surface area contributed by atoms with E-state index in [1.807, 2.05) is 36.4 Å². The van der Waals surface area contributed by atoms with Gasteiger partial charge < -0.3 is 14.4 Å². The van der Waals surface area contributed by atoms with E-state index < -0.39 is 0 Å². The Labute approximate surface area is 174 Å². The lowest BCUT2D eigenvalue weighted by atomic mass is 10.2. The summed E-state index contributed by atoms with van der Waals surface area (Å²) in [6.45, 7) is 3.20. The number of carbonyl (C=O) groups excluding carboxylic acids is 1. The number of morpholine rings is 1. The number of amides is 1. The molecule has 0 bridgehead atoms. The van der Waals surface area contributed by atoms with Crippen LogP contribution in [0.4, 0.5) is 5.69 Å². The maximum atomic E-state index is 11.9. The summed E-state index contributed by atoms with van der Waals surface area (Å²) in [5, 5.41) is 3.98. The molecule has 6 nitrogen and oxygen atoms in total. The van der Waals surface area contributed by atoms with Gasteiger partial charge >= 0.3 is 0 Å². The van der Waals surface area contributed by atoms with Gasteiger partial charge in [-0.15, -0.1) is 0 Å². The van der Waals surface area contributed by atoms with Gasteiger partial charge in [0.1, 0.15) is 5.75 Å². The number of hydrogen-bond donors (Lipinski definition) is 1. The lowest BCUT2D eigenvalue weighted by Gasteiger charge is -2.28. The van der Waals surface area contributed by atoms with Crippen molar-refractivity contribution >= 4 is 49.7 Å². The van der Waals surface area contributed by atoms with E-state index in [2.05, 4.69) is 47.3 Å². The monoisotopic (exact) mass is 495 g/mol. The predicted molar refractivity (Wildman–Crippen MR) is 113 cm³/mol. The fraction of sp³-hybridized carbons (Fsp3) is 0.263. The summed E-state index contributed by atoms with van der Waals surface area (Å²) < 4.78 is 12.5. The average Bonchev–Trinajstić information content (AvgIpc) is 2.68. The molecule has 0 atom stereocenters. The predicted octanol–water partition coefficient (Wildman–Crippen LogP) is 3.58. The Kier molecular flexibility index (Phi) is 7.25. The molecular weight excluding hydrogens is 478 g/mol. The number of ether oxygens (including phenoxy) is 2. The number of carbonyl (C=O) groups is 1. The van der Waals surface area contributed by atoms with Crippen LogP contribution in [0.5, 0.6) is 5.75 Å². The molecule has 8 heteroatoms. The smallest absolute Gasteiger partial charge is 0.277 e. The quantitative estimate of drug-likeness (QED) is 0.490. The molecule has 0 aliphatic carbocycles. The molecule has 0 unspecified atom stereocenters. The van der Waals surface area contributed by atoms with E-state index in [0.717, 1.165) is 46.5 Å². The lowest BCUT2D eigenvalue weighted by molar-refractivity contribution is -0.123. The standard InChI is InChI=1S/C19H19Br2N3O3/c20-15-3-6-18(17(21)11-15)27-13-19(25)23-22-12-14-1-4-16(5-2-14)24-7-9-26-10-8-24/h1-6,11-12H,7-10,13H2,(H,23,25)/b22-12+. The van der Waals surface area contributed by atoms with E-state index in [-0.39, 0.29) is 12.5 Å². The summed E-state index contributed by atoms with van der Waals surface area (Å²) in [7, 11) is 0. The van der Waals surface area contributed by atoms with Crippen LogP contribution in [-0.4, -0.2) is 45.0 Å². The molecule has 1 saturated heterocycles. The third-order valence-electron chi connectivity index (χ3n) is 3.92. The largest absolute Gasteiger partial charge is 0.483 e. The van der Waals surface area contributed by atoms with Crippen molar-refractivity contribution in [2.45, 2.75) is 0 Å².